The lowest BCUT2D eigenvalue weighted by Crippen LogP contribution is -2.35. The molecule has 0 N–H and O–H groups in total. The monoisotopic (exact) mass is 458 g/mol. The summed E-state index contributed by atoms with van der Waals surface area (Å²) in [4.78, 5) is 18.8. The highest BCUT2D eigenvalue weighted by Gasteiger charge is 2.65. The Morgan fingerprint density at radius 3 is 2.68 bits per heavy atom. The number of hydrogen-bond acceptors (Lipinski definition) is 6. The molecule has 2 fully saturated rings. The van der Waals surface area contributed by atoms with Crippen molar-refractivity contribution >= 4 is 15.7 Å². The van der Waals surface area contributed by atoms with Crippen LogP contribution in [0.15, 0.2) is 33.7 Å². The molecule has 7 nitrogen and oxygen atoms in total. The van der Waals surface area contributed by atoms with Crippen molar-refractivity contribution in [2.24, 2.45) is 5.92 Å². The van der Waals surface area contributed by atoms with E-state index < -0.39 is 33.4 Å². The fourth-order valence-corrected chi connectivity index (χ4v) is 4.64. The minimum absolute atomic E-state index is 0.131. The topological polar surface area (TPSA) is 89.7 Å². The number of halogens is 3. The van der Waals surface area contributed by atoms with E-state index in [1.54, 1.807) is 13.1 Å². The van der Waals surface area contributed by atoms with Crippen LogP contribution in [0.1, 0.15) is 35.4 Å². The Bertz CT molecular complexity index is 1140. The molecular formula is C20H21F3N2O5S. The molecule has 1 aromatic heterocycles. The van der Waals surface area contributed by atoms with Crippen LogP contribution in [-0.2, 0) is 15.3 Å². The fourth-order valence-electron chi connectivity index (χ4n) is 3.99. The summed E-state index contributed by atoms with van der Waals surface area (Å²) in [7, 11) is -3.68. The van der Waals surface area contributed by atoms with Gasteiger partial charge in [0.15, 0.2) is 15.9 Å². The number of hydrogen-bond donors (Lipinski definition) is 0. The molecule has 4 rings (SSSR count). The van der Waals surface area contributed by atoms with Gasteiger partial charge in [0, 0.05) is 19.3 Å². The lowest BCUT2D eigenvalue weighted by atomic mass is 10.1. The maximum Gasteiger partial charge on any atom is 0.425 e. The number of oxazole rings is 1. The van der Waals surface area contributed by atoms with Crippen LogP contribution in [0, 0.1) is 12.8 Å². The van der Waals surface area contributed by atoms with Gasteiger partial charge in [0.2, 0.25) is 5.89 Å². The number of carbonyl (C=O) groups is 1. The van der Waals surface area contributed by atoms with Gasteiger partial charge in [-0.15, -0.1) is 0 Å². The lowest BCUT2D eigenvalue weighted by Gasteiger charge is -2.24. The first-order valence-corrected chi connectivity index (χ1v) is 11.5. The molecule has 11 heteroatoms. The maximum atomic E-state index is 13.2. The van der Waals surface area contributed by atoms with Gasteiger partial charge >= 0.3 is 6.18 Å². The van der Waals surface area contributed by atoms with Gasteiger partial charge in [0.25, 0.3) is 5.91 Å². The third kappa shape index (κ3) is 3.90. The van der Waals surface area contributed by atoms with Crippen LogP contribution >= 0.6 is 0 Å². The summed E-state index contributed by atoms with van der Waals surface area (Å²) in [5, 5.41) is 0. The zero-order valence-corrected chi connectivity index (χ0v) is 17.9. The molecule has 0 bridgehead atoms. The van der Waals surface area contributed by atoms with Gasteiger partial charge in [-0.2, -0.15) is 13.2 Å². The number of alkyl halides is 3. The van der Waals surface area contributed by atoms with Crippen LogP contribution in [-0.4, -0.2) is 55.8 Å². The van der Waals surface area contributed by atoms with Crippen molar-refractivity contribution < 1.29 is 35.5 Å². The molecule has 1 aliphatic heterocycles. The summed E-state index contributed by atoms with van der Waals surface area (Å²) >= 11 is 0. The molecule has 1 saturated heterocycles. The van der Waals surface area contributed by atoms with Gasteiger partial charge < -0.3 is 14.1 Å². The molecule has 168 valence electrons. The zero-order valence-electron chi connectivity index (χ0n) is 17.1. The molecule has 2 unspecified atom stereocenters. The number of carbonyl (C=O) groups excluding carboxylic acids is 1. The first-order valence-electron chi connectivity index (χ1n) is 9.61. The fraction of sp³-hybridized carbons (Fsp3) is 0.500. The van der Waals surface area contributed by atoms with Crippen molar-refractivity contribution in [3.8, 4) is 5.75 Å². The Hall–Kier alpha value is -2.56. The second kappa shape index (κ2) is 6.98. The van der Waals surface area contributed by atoms with Gasteiger partial charge in [0.05, 0.1) is 22.1 Å². The van der Waals surface area contributed by atoms with E-state index in [-0.39, 0.29) is 28.7 Å². The van der Waals surface area contributed by atoms with E-state index in [1.165, 1.54) is 4.90 Å². The van der Waals surface area contributed by atoms with E-state index >= 15 is 0 Å². The molecule has 3 atom stereocenters. The predicted octanol–water partition coefficient (Wildman–Crippen LogP) is 3.13. The van der Waals surface area contributed by atoms with Gasteiger partial charge in [-0.25, -0.2) is 13.4 Å². The highest BCUT2D eigenvalue weighted by atomic mass is 32.2. The van der Waals surface area contributed by atoms with E-state index in [0.29, 0.717) is 18.2 Å². The van der Waals surface area contributed by atoms with Crippen molar-refractivity contribution in [1.29, 1.82) is 0 Å². The molecule has 2 heterocycles. The molecule has 1 aromatic carbocycles. The molecule has 1 aliphatic carbocycles. The smallest absolute Gasteiger partial charge is 0.425 e. The standard InChI is InChI=1S/C20H21F3N2O5S/c1-11-8-24-18(29-11)19-7-13(19)9-25(10-19)17(26)15-6-14(31(3,27)28)4-5-16(15)30-12(2)20(21,22)23/h4-6,8,12-13H,7,9-10H2,1-3H3/t12-,13?,19?/m0/s1. The highest BCUT2D eigenvalue weighted by Crippen LogP contribution is 2.59. The van der Waals surface area contributed by atoms with E-state index in [0.717, 1.165) is 37.8 Å². The van der Waals surface area contributed by atoms with E-state index in [1.807, 2.05) is 0 Å². The summed E-state index contributed by atoms with van der Waals surface area (Å²) in [6, 6.07) is 3.29. The van der Waals surface area contributed by atoms with E-state index in [2.05, 4.69) is 4.98 Å². The second-order valence-corrected chi connectivity index (χ2v) is 10.3. The Morgan fingerprint density at radius 2 is 2.10 bits per heavy atom. The second-order valence-electron chi connectivity index (χ2n) is 8.25. The number of sulfone groups is 1. The zero-order chi connectivity index (χ0) is 22.8. The summed E-state index contributed by atoms with van der Waals surface area (Å²) < 4.78 is 73.6. The third-order valence-electron chi connectivity index (χ3n) is 5.85. The number of nitrogens with zero attached hydrogens (tertiary/aromatic N) is 2. The number of amides is 1. The van der Waals surface area contributed by atoms with Crippen LogP contribution in [0.2, 0.25) is 0 Å². The van der Waals surface area contributed by atoms with Crippen molar-refractivity contribution in [2.45, 2.75) is 42.9 Å². The van der Waals surface area contributed by atoms with Gasteiger partial charge in [-0.1, -0.05) is 0 Å². The molecule has 1 saturated carbocycles. The number of likely N-dealkylation sites (tertiary alicyclic amines) is 1. The van der Waals surface area contributed by atoms with E-state index in [9.17, 15) is 26.4 Å². The van der Waals surface area contributed by atoms with Crippen LogP contribution in [0.4, 0.5) is 13.2 Å². The SMILES string of the molecule is Cc1cnc(C23CC2CN(C(=O)c2cc(S(C)(=O)=O)ccc2O[C@@H](C)C(F)(F)F)C3)o1. The molecule has 0 radical (unpaired) electrons. The molecule has 2 aliphatic rings. The summed E-state index contributed by atoms with van der Waals surface area (Å²) in [5.41, 5.74) is -0.627. The normalized spacial score (nSPS) is 24.1. The molecule has 31 heavy (non-hydrogen) atoms. The number of aryl methyl sites for hydroxylation is 1. The lowest BCUT2D eigenvalue weighted by molar-refractivity contribution is -0.189. The summed E-state index contributed by atoms with van der Waals surface area (Å²) in [6.07, 6.45) is -3.45. The van der Waals surface area contributed by atoms with Crippen LogP contribution < -0.4 is 4.74 Å². The first kappa shape index (κ1) is 21.7. The maximum absolute atomic E-state index is 13.2. The quantitative estimate of drug-likeness (QED) is 0.684. The number of fused-ring (bicyclic) bond motifs is 1. The molecular weight excluding hydrogens is 437 g/mol. The van der Waals surface area contributed by atoms with Gasteiger partial charge in [-0.05, 0) is 44.4 Å². The number of ether oxygens (including phenoxy) is 1. The average molecular weight is 458 g/mol. The van der Waals surface area contributed by atoms with E-state index in [4.69, 9.17) is 9.15 Å². The number of piperidine rings is 1. The minimum Gasteiger partial charge on any atom is -0.480 e. The Morgan fingerprint density at radius 1 is 1.39 bits per heavy atom. The van der Waals surface area contributed by atoms with Crippen molar-refractivity contribution in [2.75, 3.05) is 19.3 Å². The van der Waals surface area contributed by atoms with Crippen LogP contribution in [0.25, 0.3) is 0 Å². The summed E-state index contributed by atoms with van der Waals surface area (Å²) in [5.74, 6) is 0.412. The average Bonchev–Trinajstić information content (AvgIpc) is 2.99. The first-order chi connectivity index (χ1) is 14.3. The highest BCUT2D eigenvalue weighted by molar-refractivity contribution is 7.90. The third-order valence-corrected chi connectivity index (χ3v) is 6.96. The largest absolute Gasteiger partial charge is 0.480 e. The number of benzene rings is 1. The van der Waals surface area contributed by atoms with Crippen molar-refractivity contribution in [3.63, 3.8) is 0 Å². The number of rotatable bonds is 5. The van der Waals surface area contributed by atoms with Crippen LogP contribution in [0.5, 0.6) is 5.75 Å². The molecule has 2 aromatic rings. The predicted molar refractivity (Wildman–Crippen MR) is 103 cm³/mol. The van der Waals surface area contributed by atoms with Crippen LogP contribution in [0.3, 0.4) is 0 Å². The van der Waals surface area contributed by atoms with Gasteiger partial charge in [0.1, 0.15) is 11.5 Å². The van der Waals surface area contributed by atoms with Crippen molar-refractivity contribution in [3.05, 3.63) is 41.6 Å². The Kier molecular flexibility index (Phi) is 4.87. The number of aromatic nitrogens is 1. The molecule has 0 spiro atoms. The Labute approximate surface area is 177 Å². The van der Waals surface area contributed by atoms with Crippen molar-refractivity contribution in [1.82, 2.24) is 9.88 Å². The molecule has 1 amide bonds. The Balaban J connectivity index is 1.65. The minimum atomic E-state index is -4.64. The van der Waals surface area contributed by atoms with Gasteiger partial charge in [-0.3, -0.25) is 4.79 Å². The summed E-state index contributed by atoms with van der Waals surface area (Å²) in [6.45, 7) is 3.25.